The van der Waals surface area contributed by atoms with Gasteiger partial charge < -0.3 is 15.0 Å². The highest BCUT2D eigenvalue weighted by Crippen LogP contribution is 2.52. The van der Waals surface area contributed by atoms with Crippen molar-refractivity contribution in [1.82, 2.24) is 10.2 Å². The fraction of sp³-hybridized carbons (Fsp3) is 0.481. The van der Waals surface area contributed by atoms with Crippen molar-refractivity contribution >= 4 is 11.8 Å². The molecule has 2 amide bonds. The fourth-order valence-electron chi connectivity index (χ4n) is 6.33. The van der Waals surface area contributed by atoms with Gasteiger partial charge in [-0.05, 0) is 55.0 Å². The van der Waals surface area contributed by atoms with Crippen LogP contribution in [-0.2, 0) is 11.3 Å². The molecule has 168 valence electrons. The molecule has 2 aromatic carbocycles. The Kier molecular flexibility index (Phi) is 5.66. The third-order valence-corrected chi connectivity index (χ3v) is 7.79. The topological polar surface area (TPSA) is 58.6 Å². The Labute approximate surface area is 190 Å². The largest absolute Gasteiger partial charge is 0.497 e. The van der Waals surface area contributed by atoms with Crippen molar-refractivity contribution in [2.45, 2.75) is 75.4 Å². The monoisotopic (exact) mass is 432 g/mol. The maximum absolute atomic E-state index is 13.8. The number of hydrogen-bond donors (Lipinski definition) is 1. The molecule has 2 saturated carbocycles. The minimum absolute atomic E-state index is 0.0330. The number of nitrogens with one attached hydrogen (secondary N) is 1. The van der Waals surface area contributed by atoms with E-state index in [1.54, 1.807) is 7.11 Å². The second-order valence-corrected chi connectivity index (χ2v) is 9.51. The van der Waals surface area contributed by atoms with Gasteiger partial charge in [0.05, 0.1) is 18.6 Å². The molecule has 5 nitrogen and oxygen atoms in total. The van der Waals surface area contributed by atoms with Crippen LogP contribution in [0.15, 0.2) is 48.5 Å². The van der Waals surface area contributed by atoms with Crippen LogP contribution in [0.25, 0.3) is 0 Å². The number of carbonyl (C=O) groups is 2. The van der Waals surface area contributed by atoms with E-state index in [9.17, 15) is 9.59 Å². The summed E-state index contributed by atoms with van der Waals surface area (Å²) in [7, 11) is 1.65. The molecule has 0 unspecified atom stereocenters. The van der Waals surface area contributed by atoms with Crippen molar-refractivity contribution in [2.75, 3.05) is 7.11 Å². The smallest absolute Gasteiger partial charge is 0.254 e. The lowest BCUT2D eigenvalue weighted by molar-refractivity contribution is -0.127. The predicted molar refractivity (Wildman–Crippen MR) is 124 cm³/mol. The van der Waals surface area contributed by atoms with Gasteiger partial charge >= 0.3 is 0 Å². The quantitative estimate of drug-likeness (QED) is 0.738. The summed E-state index contributed by atoms with van der Waals surface area (Å²) in [6.07, 6.45) is 8.39. The molecule has 1 spiro atoms. The molecule has 32 heavy (non-hydrogen) atoms. The normalized spacial score (nSPS) is 22.2. The first-order valence-corrected chi connectivity index (χ1v) is 12.0. The van der Waals surface area contributed by atoms with Crippen molar-refractivity contribution in [1.29, 1.82) is 0 Å². The first-order chi connectivity index (χ1) is 15.6. The van der Waals surface area contributed by atoms with E-state index in [0.717, 1.165) is 55.4 Å². The molecule has 5 rings (SSSR count). The molecule has 0 bridgehead atoms. The number of ether oxygens (including phenoxy) is 1. The maximum atomic E-state index is 13.8. The van der Waals surface area contributed by atoms with Gasteiger partial charge in [0.25, 0.3) is 5.91 Å². The summed E-state index contributed by atoms with van der Waals surface area (Å²) in [5.74, 6) is 0.647. The Bertz CT molecular complexity index is 988. The molecule has 1 heterocycles. The number of amides is 2. The SMILES string of the molecule is COc1ccc(CNC(=O)[C@@H]2c3ccccc3C(=O)N(C3CCCC3)C23CCCC3)cc1. The van der Waals surface area contributed by atoms with E-state index in [-0.39, 0.29) is 23.8 Å². The van der Waals surface area contributed by atoms with Gasteiger partial charge in [0.2, 0.25) is 5.91 Å². The summed E-state index contributed by atoms with van der Waals surface area (Å²) in [5.41, 5.74) is 2.25. The lowest BCUT2D eigenvalue weighted by atomic mass is 9.70. The highest BCUT2D eigenvalue weighted by Gasteiger charge is 2.57. The van der Waals surface area contributed by atoms with E-state index in [0.29, 0.717) is 12.1 Å². The molecular formula is C27H32N2O3. The van der Waals surface area contributed by atoms with E-state index in [1.165, 1.54) is 12.8 Å². The molecule has 3 aliphatic rings. The van der Waals surface area contributed by atoms with Crippen LogP contribution < -0.4 is 10.1 Å². The van der Waals surface area contributed by atoms with Crippen LogP contribution in [0.1, 0.15) is 78.8 Å². The van der Waals surface area contributed by atoms with Crippen LogP contribution in [0.3, 0.4) is 0 Å². The van der Waals surface area contributed by atoms with Crippen LogP contribution in [0.5, 0.6) is 5.75 Å². The summed E-state index contributed by atoms with van der Waals surface area (Å²) < 4.78 is 5.24. The van der Waals surface area contributed by atoms with Crippen molar-refractivity contribution in [2.24, 2.45) is 0 Å². The molecular weight excluding hydrogens is 400 g/mol. The maximum Gasteiger partial charge on any atom is 0.254 e. The van der Waals surface area contributed by atoms with Gasteiger partial charge in [-0.1, -0.05) is 56.0 Å². The minimum Gasteiger partial charge on any atom is -0.497 e. The highest BCUT2D eigenvalue weighted by atomic mass is 16.5. The predicted octanol–water partition coefficient (Wildman–Crippen LogP) is 4.81. The number of rotatable bonds is 5. The molecule has 5 heteroatoms. The summed E-state index contributed by atoms with van der Waals surface area (Å²) in [4.78, 5) is 29.7. The Balaban J connectivity index is 1.49. The minimum atomic E-state index is -0.398. The Morgan fingerprint density at radius 2 is 1.72 bits per heavy atom. The molecule has 1 atom stereocenters. The number of nitrogens with zero attached hydrogens (tertiary/aromatic N) is 1. The van der Waals surface area contributed by atoms with Crippen molar-refractivity contribution in [3.8, 4) is 5.75 Å². The van der Waals surface area contributed by atoms with Gasteiger partial charge in [-0.15, -0.1) is 0 Å². The fourth-order valence-corrected chi connectivity index (χ4v) is 6.33. The van der Waals surface area contributed by atoms with E-state index in [4.69, 9.17) is 4.74 Å². The summed E-state index contributed by atoms with van der Waals surface area (Å²) in [6.45, 7) is 0.467. The van der Waals surface area contributed by atoms with Crippen molar-refractivity contribution in [3.63, 3.8) is 0 Å². The first-order valence-electron chi connectivity index (χ1n) is 12.0. The Morgan fingerprint density at radius 1 is 1.03 bits per heavy atom. The average molecular weight is 433 g/mol. The highest BCUT2D eigenvalue weighted by molar-refractivity contribution is 6.02. The summed E-state index contributed by atoms with van der Waals surface area (Å²) in [5, 5.41) is 3.21. The average Bonchev–Trinajstić information content (AvgIpc) is 3.52. The number of methoxy groups -OCH3 is 1. The van der Waals surface area contributed by atoms with Crippen LogP contribution in [0, 0.1) is 0 Å². The van der Waals surface area contributed by atoms with Crippen LogP contribution >= 0.6 is 0 Å². The van der Waals surface area contributed by atoms with Crippen LogP contribution in [0.4, 0.5) is 0 Å². The summed E-state index contributed by atoms with van der Waals surface area (Å²) in [6, 6.07) is 15.8. The molecule has 1 aliphatic heterocycles. The molecule has 2 aromatic rings. The lowest BCUT2D eigenvalue weighted by Crippen LogP contribution is -2.63. The Morgan fingerprint density at radius 3 is 2.41 bits per heavy atom. The zero-order chi connectivity index (χ0) is 22.1. The van der Waals surface area contributed by atoms with Gasteiger partial charge in [0.1, 0.15) is 5.75 Å². The van der Waals surface area contributed by atoms with Gasteiger partial charge in [0.15, 0.2) is 0 Å². The first kappa shape index (κ1) is 21.0. The molecule has 0 radical (unpaired) electrons. The Hall–Kier alpha value is -2.82. The molecule has 2 aliphatic carbocycles. The van der Waals surface area contributed by atoms with Gasteiger partial charge in [-0.3, -0.25) is 9.59 Å². The molecule has 0 aromatic heterocycles. The number of carbonyl (C=O) groups excluding carboxylic acids is 2. The van der Waals surface area contributed by atoms with Crippen LogP contribution in [-0.4, -0.2) is 35.4 Å². The van der Waals surface area contributed by atoms with Gasteiger partial charge in [-0.2, -0.15) is 0 Å². The van der Waals surface area contributed by atoms with E-state index in [1.807, 2.05) is 48.5 Å². The van der Waals surface area contributed by atoms with Crippen molar-refractivity contribution < 1.29 is 14.3 Å². The van der Waals surface area contributed by atoms with Gasteiger partial charge in [0, 0.05) is 18.2 Å². The standard InChI is InChI=1S/C27H32N2O3/c1-32-21-14-12-19(13-15-21)18-28-25(30)24-22-10-4-5-11-23(22)26(31)29(20-8-2-3-9-20)27(24)16-6-7-17-27/h4-5,10-15,20,24H,2-3,6-9,16-18H2,1H3,(H,28,30)/t24-/m0/s1. The van der Waals surface area contributed by atoms with E-state index in [2.05, 4.69) is 10.2 Å². The van der Waals surface area contributed by atoms with E-state index < -0.39 is 5.54 Å². The van der Waals surface area contributed by atoms with Crippen LogP contribution in [0.2, 0.25) is 0 Å². The van der Waals surface area contributed by atoms with Gasteiger partial charge in [-0.25, -0.2) is 0 Å². The zero-order valence-corrected chi connectivity index (χ0v) is 18.8. The van der Waals surface area contributed by atoms with Crippen molar-refractivity contribution in [3.05, 3.63) is 65.2 Å². The third kappa shape index (κ3) is 3.48. The molecule has 2 fully saturated rings. The summed E-state index contributed by atoms with van der Waals surface area (Å²) >= 11 is 0. The number of hydrogen-bond acceptors (Lipinski definition) is 3. The molecule has 1 N–H and O–H groups in total. The second-order valence-electron chi connectivity index (χ2n) is 9.51. The lowest BCUT2D eigenvalue weighted by Gasteiger charge is -2.52. The van der Waals surface area contributed by atoms with E-state index >= 15 is 0 Å². The second kappa shape index (κ2) is 8.61. The number of fused-ring (bicyclic) bond motifs is 1. The third-order valence-electron chi connectivity index (χ3n) is 7.79. The number of benzene rings is 2. The zero-order valence-electron chi connectivity index (χ0n) is 18.8. The molecule has 0 saturated heterocycles.